The van der Waals surface area contributed by atoms with Crippen LogP contribution in [0.25, 0.3) is 10.9 Å². The lowest BCUT2D eigenvalue weighted by atomic mass is 10.1. The average Bonchev–Trinajstić information content (AvgIpc) is 2.60. The van der Waals surface area contributed by atoms with E-state index in [1.807, 2.05) is 56.3 Å². The van der Waals surface area contributed by atoms with Gasteiger partial charge < -0.3 is 15.0 Å². The maximum Gasteiger partial charge on any atom is 0.251 e. The van der Waals surface area contributed by atoms with Crippen molar-refractivity contribution in [1.82, 2.24) is 4.98 Å². The second-order valence-electron chi connectivity index (χ2n) is 6.47. The summed E-state index contributed by atoms with van der Waals surface area (Å²) in [7, 11) is 1.57. The molecule has 2 aromatic carbocycles. The van der Waals surface area contributed by atoms with E-state index in [-0.39, 0.29) is 17.9 Å². The van der Waals surface area contributed by atoms with Gasteiger partial charge in [0.2, 0.25) is 5.91 Å². The molecule has 0 fully saturated rings. The number of benzene rings is 2. The Morgan fingerprint density at radius 3 is 2.58 bits per heavy atom. The molecule has 3 rings (SSSR count). The van der Waals surface area contributed by atoms with Crippen LogP contribution in [0.1, 0.15) is 23.1 Å². The van der Waals surface area contributed by atoms with Crippen LogP contribution in [-0.4, -0.2) is 18.0 Å². The van der Waals surface area contributed by atoms with Crippen molar-refractivity contribution in [1.29, 1.82) is 0 Å². The molecule has 1 aromatic heterocycles. The molecule has 5 heteroatoms. The molecule has 0 spiro atoms. The van der Waals surface area contributed by atoms with E-state index < -0.39 is 0 Å². The monoisotopic (exact) mass is 350 g/mol. The fourth-order valence-corrected chi connectivity index (χ4v) is 2.93. The van der Waals surface area contributed by atoms with E-state index in [2.05, 4.69) is 10.3 Å². The average molecular weight is 350 g/mol. The Bertz CT molecular complexity index is 1020. The molecular weight excluding hydrogens is 328 g/mol. The molecule has 0 aliphatic rings. The minimum absolute atomic E-state index is 0.149. The van der Waals surface area contributed by atoms with Crippen LogP contribution in [0.4, 0.5) is 5.69 Å². The van der Waals surface area contributed by atoms with E-state index in [9.17, 15) is 9.59 Å². The first-order valence-electron chi connectivity index (χ1n) is 8.53. The van der Waals surface area contributed by atoms with Gasteiger partial charge >= 0.3 is 0 Å². The van der Waals surface area contributed by atoms with E-state index >= 15 is 0 Å². The lowest BCUT2D eigenvalue weighted by Crippen LogP contribution is -2.17. The van der Waals surface area contributed by atoms with Crippen LogP contribution in [-0.2, 0) is 11.2 Å². The lowest BCUT2D eigenvalue weighted by molar-refractivity contribution is -0.116. The van der Waals surface area contributed by atoms with Gasteiger partial charge in [-0.05, 0) is 61.0 Å². The first-order chi connectivity index (χ1) is 12.5. The van der Waals surface area contributed by atoms with Crippen molar-refractivity contribution in [2.75, 3.05) is 12.4 Å². The number of aromatic amines is 1. The van der Waals surface area contributed by atoms with E-state index in [4.69, 9.17) is 4.74 Å². The summed E-state index contributed by atoms with van der Waals surface area (Å²) in [5.74, 6) is 0.458. The zero-order valence-electron chi connectivity index (χ0n) is 15.2. The summed E-state index contributed by atoms with van der Waals surface area (Å²) < 4.78 is 5.27. The van der Waals surface area contributed by atoms with Gasteiger partial charge in [-0.2, -0.15) is 0 Å². The smallest absolute Gasteiger partial charge is 0.251 e. The summed E-state index contributed by atoms with van der Waals surface area (Å²) in [5, 5.41) is 3.82. The summed E-state index contributed by atoms with van der Waals surface area (Å²) >= 11 is 0. The van der Waals surface area contributed by atoms with Crippen molar-refractivity contribution >= 4 is 22.5 Å². The molecule has 0 radical (unpaired) electrons. The number of aromatic nitrogens is 1. The third-order valence-electron chi connectivity index (χ3n) is 4.33. The Balaban J connectivity index is 1.73. The van der Waals surface area contributed by atoms with Crippen molar-refractivity contribution in [3.8, 4) is 5.75 Å². The summed E-state index contributed by atoms with van der Waals surface area (Å²) in [6, 6.07) is 13.4. The highest BCUT2D eigenvalue weighted by molar-refractivity contribution is 5.92. The molecule has 1 amide bonds. The maximum atomic E-state index is 12.3. The molecule has 0 aliphatic heterocycles. The summed E-state index contributed by atoms with van der Waals surface area (Å²) in [4.78, 5) is 27.5. The Kier molecular flexibility index (Phi) is 5.07. The number of methoxy groups -OCH3 is 1. The number of anilines is 1. The third kappa shape index (κ3) is 3.94. The molecular formula is C21H22N2O3. The van der Waals surface area contributed by atoms with Gasteiger partial charge in [-0.25, -0.2) is 0 Å². The van der Waals surface area contributed by atoms with E-state index in [0.717, 1.165) is 22.0 Å². The number of amides is 1. The molecule has 0 saturated heterocycles. The van der Waals surface area contributed by atoms with Crippen LogP contribution in [0.2, 0.25) is 0 Å². The maximum absolute atomic E-state index is 12.3. The van der Waals surface area contributed by atoms with Crippen LogP contribution in [0, 0.1) is 13.8 Å². The Labute approximate surface area is 152 Å². The molecule has 2 N–H and O–H groups in total. The molecule has 0 atom stereocenters. The number of carbonyl (C=O) groups is 1. The number of rotatable bonds is 5. The number of H-pyrrole nitrogens is 1. The number of carbonyl (C=O) groups excluding carboxylic acids is 1. The third-order valence-corrected chi connectivity index (χ3v) is 4.33. The topological polar surface area (TPSA) is 71.2 Å². The number of fused-ring (bicyclic) bond motifs is 1. The lowest BCUT2D eigenvalue weighted by Gasteiger charge is -2.11. The van der Waals surface area contributed by atoms with Gasteiger partial charge in [0.15, 0.2) is 0 Å². The normalized spacial score (nSPS) is 10.7. The molecule has 5 nitrogen and oxygen atoms in total. The summed E-state index contributed by atoms with van der Waals surface area (Å²) in [5.41, 5.74) is 4.03. The number of aryl methyl sites for hydroxylation is 3. The van der Waals surface area contributed by atoms with Crippen molar-refractivity contribution in [3.05, 3.63) is 69.5 Å². The van der Waals surface area contributed by atoms with Gasteiger partial charge in [-0.15, -0.1) is 0 Å². The highest BCUT2D eigenvalue weighted by Gasteiger charge is 2.10. The van der Waals surface area contributed by atoms with Crippen molar-refractivity contribution in [2.24, 2.45) is 0 Å². The van der Waals surface area contributed by atoms with Crippen molar-refractivity contribution in [2.45, 2.75) is 26.7 Å². The highest BCUT2D eigenvalue weighted by Crippen LogP contribution is 2.25. The Morgan fingerprint density at radius 1 is 1.08 bits per heavy atom. The number of hydrogen-bond acceptors (Lipinski definition) is 3. The van der Waals surface area contributed by atoms with Gasteiger partial charge in [0.05, 0.1) is 12.8 Å². The summed E-state index contributed by atoms with van der Waals surface area (Å²) in [6.07, 6.45) is 0.594. The molecule has 0 unspecified atom stereocenters. The molecule has 134 valence electrons. The molecule has 0 bridgehead atoms. The number of hydrogen-bond donors (Lipinski definition) is 2. The largest absolute Gasteiger partial charge is 0.495 e. The quantitative estimate of drug-likeness (QED) is 0.737. The van der Waals surface area contributed by atoms with Crippen LogP contribution in [0.3, 0.4) is 0 Å². The van der Waals surface area contributed by atoms with Gasteiger partial charge in [0.1, 0.15) is 5.75 Å². The van der Waals surface area contributed by atoms with Gasteiger partial charge in [0.25, 0.3) is 5.56 Å². The van der Waals surface area contributed by atoms with E-state index in [1.54, 1.807) is 7.11 Å². The van der Waals surface area contributed by atoms with Gasteiger partial charge in [-0.3, -0.25) is 9.59 Å². The Morgan fingerprint density at radius 2 is 1.81 bits per heavy atom. The second kappa shape index (κ2) is 7.44. The predicted molar refractivity (Wildman–Crippen MR) is 104 cm³/mol. The van der Waals surface area contributed by atoms with Gasteiger partial charge in [0, 0.05) is 17.5 Å². The SMILES string of the molecule is COc1ccc(C)cc1NC(=O)CCc1cc2ccc(C)cc2[nH]c1=O. The fraction of sp³-hybridized carbons (Fsp3) is 0.238. The number of pyridine rings is 1. The van der Waals surface area contributed by atoms with Gasteiger partial charge in [-0.1, -0.05) is 18.2 Å². The molecule has 3 aromatic rings. The van der Waals surface area contributed by atoms with Crippen LogP contribution >= 0.6 is 0 Å². The highest BCUT2D eigenvalue weighted by atomic mass is 16.5. The standard InChI is InChI=1S/C21H22N2O3/c1-13-4-6-15-12-16(21(25)23-17(15)10-13)7-9-20(24)22-18-11-14(2)5-8-19(18)26-3/h4-6,8,10-12H,7,9H2,1-3H3,(H,22,24)(H,23,25). The first kappa shape index (κ1) is 17.7. The zero-order chi connectivity index (χ0) is 18.7. The fourth-order valence-electron chi connectivity index (χ4n) is 2.93. The van der Waals surface area contributed by atoms with Crippen LogP contribution < -0.4 is 15.6 Å². The van der Waals surface area contributed by atoms with E-state index in [1.165, 1.54) is 0 Å². The zero-order valence-corrected chi connectivity index (χ0v) is 15.2. The van der Waals surface area contributed by atoms with Crippen LogP contribution in [0.15, 0.2) is 47.3 Å². The second-order valence-corrected chi connectivity index (χ2v) is 6.47. The first-order valence-corrected chi connectivity index (χ1v) is 8.53. The molecule has 0 aliphatic carbocycles. The van der Waals surface area contributed by atoms with Crippen molar-refractivity contribution < 1.29 is 9.53 Å². The molecule has 0 saturated carbocycles. The minimum Gasteiger partial charge on any atom is -0.495 e. The molecule has 1 heterocycles. The van der Waals surface area contributed by atoms with Crippen molar-refractivity contribution in [3.63, 3.8) is 0 Å². The Hall–Kier alpha value is -3.08. The van der Waals surface area contributed by atoms with Crippen LogP contribution in [0.5, 0.6) is 5.75 Å². The molecule has 26 heavy (non-hydrogen) atoms. The predicted octanol–water partition coefficient (Wildman–Crippen LogP) is 3.72. The number of nitrogens with one attached hydrogen (secondary N) is 2. The minimum atomic E-state index is -0.155. The number of ether oxygens (including phenoxy) is 1. The van der Waals surface area contributed by atoms with E-state index in [0.29, 0.717) is 23.4 Å². The summed E-state index contributed by atoms with van der Waals surface area (Å²) in [6.45, 7) is 3.93.